The topological polar surface area (TPSA) is 21.1 Å². The lowest BCUT2D eigenvalue weighted by Gasteiger charge is -2.32. The lowest BCUT2D eigenvalue weighted by molar-refractivity contribution is 0.131. The van der Waals surface area contributed by atoms with E-state index in [1.165, 1.54) is 11.3 Å². The van der Waals surface area contributed by atoms with Crippen LogP contribution in [-0.4, -0.2) is 20.2 Å². The molecule has 0 saturated heterocycles. The van der Waals surface area contributed by atoms with Gasteiger partial charge in [-0.15, -0.1) is 0 Å². The third kappa shape index (κ3) is 1.88. The predicted octanol–water partition coefficient (Wildman–Crippen LogP) is 2.75. The average Bonchev–Trinajstić information content (AvgIpc) is 2.53. The van der Waals surface area contributed by atoms with Gasteiger partial charge in [0.05, 0.1) is 17.4 Å². The summed E-state index contributed by atoms with van der Waals surface area (Å²) in [6, 6.07) is 0. The zero-order valence-corrected chi connectivity index (χ0v) is 11.3. The van der Waals surface area contributed by atoms with Crippen molar-refractivity contribution < 1.29 is 0 Å². The van der Waals surface area contributed by atoms with E-state index in [1.54, 1.807) is 0 Å². The number of hydrogen-bond donors (Lipinski definition) is 0. The number of hydrogen-bond acceptors (Lipinski definition) is 2. The minimum absolute atomic E-state index is 0.0848. The van der Waals surface area contributed by atoms with Crippen molar-refractivity contribution >= 4 is 0 Å². The highest BCUT2D eigenvalue weighted by molar-refractivity contribution is 5.24. The van der Waals surface area contributed by atoms with E-state index >= 15 is 0 Å². The summed E-state index contributed by atoms with van der Waals surface area (Å²) in [5, 5.41) is 4.52. The van der Waals surface area contributed by atoms with Crippen LogP contribution < -0.4 is 0 Å². The molecule has 1 aliphatic heterocycles. The SMILES string of the molecule is CC(C)(C)N1Cc2cnn(C(C)(C)C)c2C1. The van der Waals surface area contributed by atoms with E-state index in [9.17, 15) is 0 Å². The van der Waals surface area contributed by atoms with Gasteiger partial charge in [0.15, 0.2) is 0 Å². The minimum Gasteiger partial charge on any atom is -0.288 e. The molecule has 2 rings (SSSR count). The molecule has 0 radical (unpaired) electrons. The van der Waals surface area contributed by atoms with Crippen molar-refractivity contribution in [3.05, 3.63) is 17.5 Å². The molecule has 0 aliphatic carbocycles. The van der Waals surface area contributed by atoms with Crippen LogP contribution in [0.4, 0.5) is 0 Å². The monoisotopic (exact) mass is 221 g/mol. The van der Waals surface area contributed by atoms with Gasteiger partial charge in [-0.25, -0.2) is 0 Å². The van der Waals surface area contributed by atoms with Crippen molar-refractivity contribution in [2.75, 3.05) is 0 Å². The maximum absolute atomic E-state index is 4.52. The molecule has 0 unspecified atom stereocenters. The predicted molar refractivity (Wildman–Crippen MR) is 66.2 cm³/mol. The summed E-state index contributed by atoms with van der Waals surface area (Å²) in [7, 11) is 0. The molecule has 0 saturated carbocycles. The standard InChI is InChI=1S/C13H23N3/c1-12(2,3)15-8-10-7-14-16(11(10)9-15)13(4,5)6/h7H,8-9H2,1-6H3. The zero-order chi connectivity index (χ0) is 12.1. The summed E-state index contributed by atoms with van der Waals surface area (Å²) in [4.78, 5) is 2.50. The summed E-state index contributed by atoms with van der Waals surface area (Å²) in [6.07, 6.45) is 2.03. The minimum atomic E-state index is 0.0848. The summed E-state index contributed by atoms with van der Waals surface area (Å²) in [5.41, 5.74) is 3.11. The number of rotatable bonds is 0. The van der Waals surface area contributed by atoms with Gasteiger partial charge in [-0.05, 0) is 41.5 Å². The molecule has 1 aromatic heterocycles. The number of aromatic nitrogens is 2. The fourth-order valence-corrected chi connectivity index (χ4v) is 2.20. The normalized spacial score (nSPS) is 17.9. The van der Waals surface area contributed by atoms with Crippen LogP contribution in [-0.2, 0) is 18.6 Å². The van der Waals surface area contributed by atoms with Gasteiger partial charge in [-0.3, -0.25) is 9.58 Å². The van der Waals surface area contributed by atoms with Crippen LogP contribution >= 0.6 is 0 Å². The van der Waals surface area contributed by atoms with Gasteiger partial charge in [0.25, 0.3) is 0 Å². The van der Waals surface area contributed by atoms with Crippen LogP contribution in [0.5, 0.6) is 0 Å². The third-order valence-corrected chi connectivity index (χ3v) is 3.24. The molecule has 3 heteroatoms. The van der Waals surface area contributed by atoms with E-state index < -0.39 is 0 Å². The van der Waals surface area contributed by atoms with Crippen LogP contribution in [0.3, 0.4) is 0 Å². The fourth-order valence-electron chi connectivity index (χ4n) is 2.20. The number of fused-ring (bicyclic) bond motifs is 1. The van der Waals surface area contributed by atoms with Gasteiger partial charge in [0.2, 0.25) is 0 Å². The highest BCUT2D eigenvalue weighted by Crippen LogP contribution is 2.31. The van der Waals surface area contributed by atoms with Crippen LogP contribution in [0.25, 0.3) is 0 Å². The molecule has 0 bridgehead atoms. The first kappa shape index (κ1) is 11.6. The van der Waals surface area contributed by atoms with Crippen LogP contribution in [0.15, 0.2) is 6.20 Å². The molecule has 0 amide bonds. The Hall–Kier alpha value is -0.830. The molecular formula is C13H23N3. The summed E-state index contributed by atoms with van der Waals surface area (Å²) in [6.45, 7) is 15.5. The molecule has 90 valence electrons. The first-order valence-corrected chi connectivity index (χ1v) is 6.01. The first-order chi connectivity index (χ1) is 7.19. The van der Waals surface area contributed by atoms with Crippen molar-refractivity contribution in [3.8, 4) is 0 Å². The average molecular weight is 221 g/mol. The molecule has 3 nitrogen and oxygen atoms in total. The Morgan fingerprint density at radius 1 is 1.00 bits per heavy atom. The molecule has 0 N–H and O–H groups in total. The van der Waals surface area contributed by atoms with Crippen LogP contribution in [0, 0.1) is 0 Å². The summed E-state index contributed by atoms with van der Waals surface area (Å²) in [5.74, 6) is 0. The Morgan fingerprint density at radius 3 is 2.12 bits per heavy atom. The van der Waals surface area contributed by atoms with Crippen molar-refractivity contribution in [2.45, 2.75) is 65.7 Å². The van der Waals surface area contributed by atoms with Gasteiger partial charge < -0.3 is 0 Å². The molecule has 16 heavy (non-hydrogen) atoms. The highest BCUT2D eigenvalue weighted by Gasteiger charge is 2.32. The maximum atomic E-state index is 4.52. The van der Waals surface area contributed by atoms with Gasteiger partial charge in [-0.1, -0.05) is 0 Å². The molecule has 2 heterocycles. The van der Waals surface area contributed by atoms with Crippen LogP contribution in [0.2, 0.25) is 0 Å². The van der Waals surface area contributed by atoms with E-state index in [-0.39, 0.29) is 11.1 Å². The second-order valence-electron chi connectivity index (χ2n) is 6.73. The molecule has 1 aromatic rings. The molecular weight excluding hydrogens is 198 g/mol. The number of nitrogens with zero attached hydrogens (tertiary/aromatic N) is 3. The van der Waals surface area contributed by atoms with Crippen LogP contribution in [0.1, 0.15) is 52.8 Å². The largest absolute Gasteiger partial charge is 0.288 e. The summed E-state index contributed by atoms with van der Waals surface area (Å²) < 4.78 is 2.17. The Kier molecular flexibility index (Phi) is 2.42. The van der Waals surface area contributed by atoms with E-state index in [0.717, 1.165) is 13.1 Å². The molecule has 0 spiro atoms. The lowest BCUT2D eigenvalue weighted by Crippen LogP contribution is -2.38. The van der Waals surface area contributed by atoms with Crippen molar-refractivity contribution in [1.82, 2.24) is 14.7 Å². The van der Waals surface area contributed by atoms with Gasteiger partial charge >= 0.3 is 0 Å². The first-order valence-electron chi connectivity index (χ1n) is 6.01. The Morgan fingerprint density at radius 2 is 1.62 bits per heavy atom. The second-order valence-corrected chi connectivity index (χ2v) is 6.73. The molecule has 0 atom stereocenters. The molecule has 0 aromatic carbocycles. The smallest absolute Gasteiger partial charge is 0.0576 e. The zero-order valence-electron chi connectivity index (χ0n) is 11.3. The fraction of sp³-hybridized carbons (Fsp3) is 0.769. The van der Waals surface area contributed by atoms with Crippen molar-refractivity contribution in [3.63, 3.8) is 0 Å². The second kappa shape index (κ2) is 3.33. The van der Waals surface area contributed by atoms with Gasteiger partial charge in [0.1, 0.15) is 0 Å². The Labute approximate surface area is 98.4 Å². The Bertz CT molecular complexity index is 390. The van der Waals surface area contributed by atoms with Gasteiger partial charge in [0, 0.05) is 24.2 Å². The maximum Gasteiger partial charge on any atom is 0.0576 e. The third-order valence-electron chi connectivity index (χ3n) is 3.24. The lowest BCUT2D eigenvalue weighted by atomic mass is 10.1. The van der Waals surface area contributed by atoms with E-state index in [0.29, 0.717) is 0 Å². The highest BCUT2D eigenvalue weighted by atomic mass is 15.4. The van der Waals surface area contributed by atoms with Crippen molar-refractivity contribution in [1.29, 1.82) is 0 Å². The van der Waals surface area contributed by atoms with Crippen molar-refractivity contribution in [2.24, 2.45) is 0 Å². The molecule has 0 fully saturated rings. The summed E-state index contributed by atoms with van der Waals surface area (Å²) >= 11 is 0. The van der Waals surface area contributed by atoms with E-state index in [4.69, 9.17) is 0 Å². The van der Waals surface area contributed by atoms with E-state index in [1.807, 2.05) is 6.20 Å². The Balaban J connectivity index is 2.30. The quantitative estimate of drug-likeness (QED) is 0.671. The van der Waals surface area contributed by atoms with E-state index in [2.05, 4.69) is 56.2 Å². The molecule has 1 aliphatic rings. The van der Waals surface area contributed by atoms with Gasteiger partial charge in [-0.2, -0.15) is 5.10 Å².